The van der Waals surface area contributed by atoms with E-state index in [4.69, 9.17) is 4.98 Å². The fraction of sp³-hybridized carbons (Fsp3) is 0.231. The summed E-state index contributed by atoms with van der Waals surface area (Å²) in [5.41, 5.74) is 6.32. The second-order valence-corrected chi connectivity index (χ2v) is 8.70. The Bertz CT molecular complexity index is 1370. The molecule has 7 nitrogen and oxygen atoms in total. The molecule has 6 rings (SSSR count). The number of nitrogens with one attached hydrogen (secondary N) is 2. The first-order valence-electron chi connectivity index (χ1n) is 11.4. The molecule has 1 saturated carbocycles. The zero-order chi connectivity index (χ0) is 22.2. The molecular formula is C26H24N6O. The van der Waals surface area contributed by atoms with Crippen molar-refractivity contribution in [3.05, 3.63) is 89.6 Å². The van der Waals surface area contributed by atoms with Gasteiger partial charge in [0.1, 0.15) is 5.82 Å². The van der Waals surface area contributed by atoms with Crippen LogP contribution in [0.1, 0.15) is 46.4 Å². The summed E-state index contributed by atoms with van der Waals surface area (Å²) < 4.78 is 1.73. The minimum absolute atomic E-state index is 0.211. The van der Waals surface area contributed by atoms with Crippen LogP contribution in [-0.4, -0.2) is 32.0 Å². The molecule has 0 bridgehead atoms. The molecule has 0 radical (unpaired) electrons. The summed E-state index contributed by atoms with van der Waals surface area (Å²) in [6.45, 7) is 0.723. The summed E-state index contributed by atoms with van der Waals surface area (Å²) in [4.78, 5) is 21.9. The molecule has 0 atom stereocenters. The summed E-state index contributed by atoms with van der Waals surface area (Å²) in [6.07, 6.45) is 14.0. The van der Waals surface area contributed by atoms with Gasteiger partial charge in [-0.3, -0.25) is 9.78 Å². The number of pyridine rings is 3. The van der Waals surface area contributed by atoms with Crippen LogP contribution >= 0.6 is 0 Å². The molecule has 1 aliphatic heterocycles. The third kappa shape index (κ3) is 3.75. The standard InChI is InChI=1S/C26H24N6O/c33-26(31-20-5-2-10-27-15-20)23-16-29-32-12-9-18(14-24(23)32)21-8-11-28-25-22(21)7-6-19(30-25)13-17-3-1-4-17/h2,5-10,12,14-17H,1,3-4,11,13H2,(H,28,30)(H,31,33). The van der Waals surface area contributed by atoms with Crippen LogP contribution in [0, 0.1) is 5.92 Å². The van der Waals surface area contributed by atoms with Gasteiger partial charge in [-0.05, 0) is 59.9 Å². The van der Waals surface area contributed by atoms with Crippen LogP contribution in [-0.2, 0) is 6.42 Å². The maximum Gasteiger partial charge on any atom is 0.259 e. The average molecular weight is 437 g/mol. The third-order valence-electron chi connectivity index (χ3n) is 6.54. The summed E-state index contributed by atoms with van der Waals surface area (Å²) in [6, 6.07) is 12.0. The second kappa shape index (κ2) is 8.16. The van der Waals surface area contributed by atoms with Gasteiger partial charge in [0.25, 0.3) is 5.91 Å². The van der Waals surface area contributed by atoms with Gasteiger partial charge >= 0.3 is 0 Å². The number of carbonyl (C=O) groups is 1. The van der Waals surface area contributed by atoms with Crippen LogP contribution in [0.2, 0.25) is 0 Å². The van der Waals surface area contributed by atoms with E-state index in [0.717, 1.165) is 52.6 Å². The Morgan fingerprint density at radius 1 is 1.18 bits per heavy atom. The Labute approximate surface area is 191 Å². The molecule has 4 aromatic heterocycles. The monoisotopic (exact) mass is 436 g/mol. The SMILES string of the molecule is O=C(Nc1cccnc1)c1cnn2ccc(C3=CCNc4nc(CC5CCC5)ccc43)cc12. The summed E-state index contributed by atoms with van der Waals surface area (Å²) in [7, 11) is 0. The van der Waals surface area contributed by atoms with Crippen LogP contribution in [0.15, 0.2) is 67.3 Å². The number of hydrogen-bond donors (Lipinski definition) is 2. The van der Waals surface area contributed by atoms with Crippen LogP contribution in [0.25, 0.3) is 11.1 Å². The zero-order valence-electron chi connectivity index (χ0n) is 18.2. The molecule has 164 valence electrons. The Morgan fingerprint density at radius 3 is 2.94 bits per heavy atom. The van der Waals surface area contributed by atoms with E-state index in [1.165, 1.54) is 19.3 Å². The van der Waals surface area contributed by atoms with Gasteiger partial charge in [-0.25, -0.2) is 9.50 Å². The number of hydrogen-bond acceptors (Lipinski definition) is 5. The lowest BCUT2D eigenvalue weighted by molar-refractivity contribution is 0.102. The molecule has 2 N–H and O–H groups in total. The summed E-state index contributed by atoms with van der Waals surface area (Å²) in [5.74, 6) is 1.51. The first-order chi connectivity index (χ1) is 16.2. The quantitative estimate of drug-likeness (QED) is 0.479. The lowest BCUT2D eigenvalue weighted by Crippen LogP contribution is -2.16. The molecule has 4 aromatic rings. The first-order valence-corrected chi connectivity index (χ1v) is 11.4. The maximum atomic E-state index is 12.9. The van der Waals surface area contributed by atoms with E-state index in [0.29, 0.717) is 11.3 Å². The van der Waals surface area contributed by atoms with Gasteiger partial charge in [0.2, 0.25) is 0 Å². The average Bonchev–Trinajstić information content (AvgIpc) is 3.25. The summed E-state index contributed by atoms with van der Waals surface area (Å²) in [5, 5.41) is 10.7. The van der Waals surface area contributed by atoms with Crippen molar-refractivity contribution >= 4 is 28.5 Å². The number of amides is 1. The number of aromatic nitrogens is 4. The first kappa shape index (κ1) is 19.7. The van der Waals surface area contributed by atoms with Crippen molar-refractivity contribution in [1.82, 2.24) is 19.6 Å². The number of nitrogens with zero attached hydrogens (tertiary/aromatic N) is 4. The van der Waals surface area contributed by atoms with E-state index in [2.05, 4.69) is 38.9 Å². The highest BCUT2D eigenvalue weighted by molar-refractivity contribution is 6.09. The Hall–Kier alpha value is -4.00. The normalized spacial score (nSPS) is 15.3. The smallest absolute Gasteiger partial charge is 0.259 e. The van der Waals surface area contributed by atoms with E-state index >= 15 is 0 Å². The van der Waals surface area contributed by atoms with Crippen molar-refractivity contribution in [3.8, 4) is 0 Å². The van der Waals surface area contributed by atoms with Gasteiger partial charge in [0, 0.05) is 30.2 Å². The minimum atomic E-state index is -0.211. The number of rotatable bonds is 5. The molecule has 0 aromatic carbocycles. The highest BCUT2D eigenvalue weighted by atomic mass is 16.1. The molecule has 1 amide bonds. The third-order valence-corrected chi connectivity index (χ3v) is 6.54. The minimum Gasteiger partial charge on any atom is -0.366 e. The van der Waals surface area contributed by atoms with Gasteiger partial charge in [0.15, 0.2) is 0 Å². The van der Waals surface area contributed by atoms with Crippen LogP contribution in [0.4, 0.5) is 11.5 Å². The lowest BCUT2D eigenvalue weighted by atomic mass is 9.82. The van der Waals surface area contributed by atoms with Crippen LogP contribution < -0.4 is 10.6 Å². The molecule has 0 saturated heterocycles. The molecule has 2 aliphatic rings. The van der Waals surface area contributed by atoms with Crippen molar-refractivity contribution in [2.45, 2.75) is 25.7 Å². The fourth-order valence-electron chi connectivity index (χ4n) is 4.55. The number of carbonyl (C=O) groups excluding carboxylic acids is 1. The van der Waals surface area contributed by atoms with E-state index < -0.39 is 0 Å². The molecule has 33 heavy (non-hydrogen) atoms. The van der Waals surface area contributed by atoms with E-state index in [-0.39, 0.29) is 5.91 Å². The Kier molecular flexibility index (Phi) is 4.87. The lowest BCUT2D eigenvalue weighted by Gasteiger charge is -2.26. The van der Waals surface area contributed by atoms with Crippen molar-refractivity contribution in [3.63, 3.8) is 0 Å². The largest absolute Gasteiger partial charge is 0.366 e. The van der Waals surface area contributed by atoms with Crippen molar-refractivity contribution in [2.75, 3.05) is 17.2 Å². The Morgan fingerprint density at radius 2 is 2.12 bits per heavy atom. The van der Waals surface area contributed by atoms with Crippen molar-refractivity contribution in [2.24, 2.45) is 5.92 Å². The molecule has 5 heterocycles. The highest BCUT2D eigenvalue weighted by Gasteiger charge is 2.21. The van der Waals surface area contributed by atoms with Crippen molar-refractivity contribution < 1.29 is 4.79 Å². The molecule has 0 spiro atoms. The van der Waals surface area contributed by atoms with Crippen LogP contribution in [0.3, 0.4) is 0 Å². The molecule has 7 heteroatoms. The van der Waals surface area contributed by atoms with Gasteiger partial charge in [0.05, 0.1) is 29.2 Å². The fourth-order valence-corrected chi connectivity index (χ4v) is 4.55. The molecular weight excluding hydrogens is 412 g/mol. The van der Waals surface area contributed by atoms with E-state index in [9.17, 15) is 4.79 Å². The number of anilines is 2. The van der Waals surface area contributed by atoms with E-state index in [1.54, 1.807) is 29.2 Å². The highest BCUT2D eigenvalue weighted by Crippen LogP contribution is 2.34. The van der Waals surface area contributed by atoms with Crippen LogP contribution in [0.5, 0.6) is 0 Å². The summed E-state index contributed by atoms with van der Waals surface area (Å²) >= 11 is 0. The predicted octanol–water partition coefficient (Wildman–Crippen LogP) is 4.58. The second-order valence-electron chi connectivity index (χ2n) is 8.70. The number of fused-ring (bicyclic) bond motifs is 2. The topological polar surface area (TPSA) is 84.2 Å². The predicted molar refractivity (Wildman–Crippen MR) is 128 cm³/mol. The van der Waals surface area contributed by atoms with Gasteiger partial charge < -0.3 is 10.6 Å². The molecule has 0 unspecified atom stereocenters. The maximum absolute atomic E-state index is 12.9. The van der Waals surface area contributed by atoms with Crippen molar-refractivity contribution in [1.29, 1.82) is 0 Å². The Balaban J connectivity index is 1.31. The van der Waals surface area contributed by atoms with Gasteiger partial charge in [-0.2, -0.15) is 5.10 Å². The molecule has 1 aliphatic carbocycles. The molecule has 1 fully saturated rings. The van der Waals surface area contributed by atoms with Gasteiger partial charge in [-0.15, -0.1) is 0 Å². The van der Waals surface area contributed by atoms with E-state index in [1.807, 2.05) is 24.4 Å². The van der Waals surface area contributed by atoms with Gasteiger partial charge in [-0.1, -0.05) is 25.3 Å². The zero-order valence-corrected chi connectivity index (χ0v) is 18.2.